The van der Waals surface area contributed by atoms with E-state index < -0.39 is 41.4 Å². The molecule has 2 aliphatic heterocycles. The molecule has 2 N–H and O–H groups in total. The summed E-state index contributed by atoms with van der Waals surface area (Å²) < 4.78 is 13.1. The highest BCUT2D eigenvalue weighted by Gasteiger charge is 2.45. The molecule has 0 aliphatic carbocycles. The van der Waals surface area contributed by atoms with Crippen LogP contribution in [-0.4, -0.2) is 40.5 Å². The number of hydrogen-bond acceptors (Lipinski definition) is 5. The Balaban J connectivity index is 1.64. The van der Waals surface area contributed by atoms with Gasteiger partial charge in [-0.05, 0) is 42.8 Å². The monoisotopic (exact) mass is 395 g/mol. The van der Waals surface area contributed by atoms with Crippen molar-refractivity contribution in [2.75, 3.05) is 5.32 Å². The van der Waals surface area contributed by atoms with Crippen LogP contribution in [0.15, 0.2) is 42.5 Å². The number of imide groups is 2. The first-order valence-electron chi connectivity index (χ1n) is 8.78. The van der Waals surface area contributed by atoms with E-state index in [0.29, 0.717) is 0 Å². The van der Waals surface area contributed by atoms with Crippen molar-refractivity contribution in [2.45, 2.75) is 18.9 Å². The number of fused-ring (bicyclic) bond motifs is 1. The quantitative estimate of drug-likeness (QED) is 0.765. The molecule has 0 spiro atoms. The second-order valence-electron chi connectivity index (χ2n) is 6.64. The van der Waals surface area contributed by atoms with Crippen molar-refractivity contribution >= 4 is 35.2 Å². The summed E-state index contributed by atoms with van der Waals surface area (Å²) in [5.74, 6) is -3.66. The van der Waals surface area contributed by atoms with Gasteiger partial charge in [0, 0.05) is 12.0 Å². The van der Waals surface area contributed by atoms with E-state index in [1.807, 2.05) is 0 Å². The lowest BCUT2D eigenvalue weighted by molar-refractivity contribution is -0.136. The number of halogens is 1. The summed E-state index contributed by atoms with van der Waals surface area (Å²) in [6.45, 7) is 0. The van der Waals surface area contributed by atoms with Crippen LogP contribution in [0.1, 0.15) is 43.9 Å². The Bertz CT molecular complexity index is 1080. The van der Waals surface area contributed by atoms with Crippen LogP contribution in [0.3, 0.4) is 0 Å². The molecule has 0 bridgehead atoms. The van der Waals surface area contributed by atoms with Crippen LogP contribution >= 0.6 is 0 Å². The fourth-order valence-corrected chi connectivity index (χ4v) is 3.41. The highest BCUT2D eigenvalue weighted by atomic mass is 19.1. The van der Waals surface area contributed by atoms with Gasteiger partial charge in [-0.1, -0.05) is 6.07 Å². The van der Waals surface area contributed by atoms with Crippen molar-refractivity contribution in [1.82, 2.24) is 10.2 Å². The number of nitrogens with one attached hydrogen (secondary N) is 2. The molecular weight excluding hydrogens is 381 g/mol. The summed E-state index contributed by atoms with van der Waals surface area (Å²) in [7, 11) is 0. The largest absolute Gasteiger partial charge is 0.321 e. The summed E-state index contributed by atoms with van der Waals surface area (Å²) in [5, 5.41) is 4.68. The first kappa shape index (κ1) is 18.5. The van der Waals surface area contributed by atoms with Crippen LogP contribution in [0.4, 0.5) is 10.1 Å². The minimum atomic E-state index is -1.10. The van der Waals surface area contributed by atoms with Crippen LogP contribution in [0.5, 0.6) is 0 Å². The van der Waals surface area contributed by atoms with Gasteiger partial charge in [0.15, 0.2) is 0 Å². The molecule has 4 rings (SSSR count). The first-order valence-corrected chi connectivity index (χ1v) is 8.78. The average Bonchev–Trinajstić information content (AvgIpc) is 2.94. The predicted octanol–water partition coefficient (Wildman–Crippen LogP) is 1.48. The van der Waals surface area contributed by atoms with E-state index in [1.54, 1.807) is 0 Å². The summed E-state index contributed by atoms with van der Waals surface area (Å²) >= 11 is 0. The fourth-order valence-electron chi connectivity index (χ4n) is 3.41. The molecule has 2 aromatic rings. The van der Waals surface area contributed by atoms with Crippen molar-refractivity contribution in [3.8, 4) is 0 Å². The van der Waals surface area contributed by atoms with Crippen molar-refractivity contribution in [3.05, 3.63) is 65.0 Å². The van der Waals surface area contributed by atoms with E-state index >= 15 is 0 Å². The van der Waals surface area contributed by atoms with Gasteiger partial charge < -0.3 is 5.32 Å². The third kappa shape index (κ3) is 3.16. The standard InChI is InChI=1S/C20H14FN3O5/c21-11-6-4-10(5-7-11)17(26)22-13-3-1-2-12-16(13)20(29)24(19(12)28)14-8-9-15(25)23-18(14)27/h1-7,14H,8-9H2,(H,22,26)(H,23,25,27). The molecule has 9 heteroatoms. The fraction of sp³-hybridized carbons (Fsp3) is 0.150. The Labute approximate surface area is 163 Å². The van der Waals surface area contributed by atoms with Crippen LogP contribution in [0.25, 0.3) is 0 Å². The van der Waals surface area contributed by atoms with E-state index in [2.05, 4.69) is 10.6 Å². The maximum Gasteiger partial charge on any atom is 0.264 e. The molecule has 1 saturated heterocycles. The smallest absolute Gasteiger partial charge is 0.264 e. The third-order valence-electron chi connectivity index (χ3n) is 4.82. The average molecular weight is 395 g/mol. The van der Waals surface area contributed by atoms with Gasteiger partial charge in [0.25, 0.3) is 17.7 Å². The Morgan fingerprint density at radius 1 is 1.03 bits per heavy atom. The number of carbonyl (C=O) groups is 5. The van der Waals surface area contributed by atoms with Crippen molar-refractivity contribution in [3.63, 3.8) is 0 Å². The Kier molecular flexibility index (Phi) is 4.42. The molecular formula is C20H14FN3O5. The lowest BCUT2D eigenvalue weighted by Gasteiger charge is -2.27. The zero-order valence-electron chi connectivity index (χ0n) is 14.9. The number of amides is 5. The maximum absolute atomic E-state index is 13.1. The van der Waals surface area contributed by atoms with Gasteiger partial charge in [-0.25, -0.2) is 4.39 Å². The highest BCUT2D eigenvalue weighted by Crippen LogP contribution is 2.32. The zero-order chi connectivity index (χ0) is 20.7. The number of piperidine rings is 1. The molecule has 0 aromatic heterocycles. The number of carbonyl (C=O) groups excluding carboxylic acids is 5. The van der Waals surface area contributed by atoms with Gasteiger partial charge in [-0.2, -0.15) is 0 Å². The van der Waals surface area contributed by atoms with Gasteiger partial charge in [0.1, 0.15) is 11.9 Å². The van der Waals surface area contributed by atoms with Crippen LogP contribution in [0.2, 0.25) is 0 Å². The number of rotatable bonds is 3. The molecule has 8 nitrogen and oxygen atoms in total. The molecule has 146 valence electrons. The Morgan fingerprint density at radius 3 is 2.45 bits per heavy atom. The lowest BCUT2D eigenvalue weighted by atomic mass is 10.0. The van der Waals surface area contributed by atoms with E-state index in [4.69, 9.17) is 0 Å². The molecule has 1 unspecified atom stereocenters. The molecule has 0 saturated carbocycles. The van der Waals surface area contributed by atoms with E-state index in [9.17, 15) is 28.4 Å². The second-order valence-corrected chi connectivity index (χ2v) is 6.64. The van der Waals surface area contributed by atoms with Gasteiger partial charge in [-0.15, -0.1) is 0 Å². The van der Waals surface area contributed by atoms with Gasteiger partial charge in [0.2, 0.25) is 11.8 Å². The molecule has 2 heterocycles. The molecule has 0 radical (unpaired) electrons. The molecule has 2 aromatic carbocycles. The van der Waals surface area contributed by atoms with Gasteiger partial charge in [0.05, 0.1) is 16.8 Å². The lowest BCUT2D eigenvalue weighted by Crippen LogP contribution is -2.54. The summed E-state index contributed by atoms with van der Waals surface area (Å²) in [6.07, 6.45) is 0.0470. The number of anilines is 1. The maximum atomic E-state index is 13.1. The van der Waals surface area contributed by atoms with Crippen molar-refractivity contribution in [1.29, 1.82) is 0 Å². The SMILES string of the molecule is O=C1CCC(N2C(=O)c3cccc(NC(=O)c4ccc(F)cc4)c3C2=O)C(=O)N1. The Hall–Kier alpha value is -3.88. The van der Waals surface area contributed by atoms with E-state index in [1.165, 1.54) is 30.3 Å². The summed E-state index contributed by atoms with van der Waals surface area (Å²) in [4.78, 5) is 62.5. The molecule has 1 fully saturated rings. The molecule has 1 atom stereocenters. The minimum absolute atomic E-state index is 0.0119. The van der Waals surface area contributed by atoms with Crippen LogP contribution in [-0.2, 0) is 9.59 Å². The normalized spacial score (nSPS) is 18.5. The highest BCUT2D eigenvalue weighted by molar-refractivity contribution is 6.26. The first-order chi connectivity index (χ1) is 13.9. The number of nitrogens with zero attached hydrogens (tertiary/aromatic N) is 1. The van der Waals surface area contributed by atoms with Gasteiger partial charge >= 0.3 is 0 Å². The number of hydrogen-bond donors (Lipinski definition) is 2. The van der Waals surface area contributed by atoms with E-state index in [-0.39, 0.29) is 35.2 Å². The zero-order valence-corrected chi connectivity index (χ0v) is 14.9. The van der Waals surface area contributed by atoms with Crippen LogP contribution in [0, 0.1) is 5.82 Å². The van der Waals surface area contributed by atoms with Crippen LogP contribution < -0.4 is 10.6 Å². The van der Waals surface area contributed by atoms with Crippen molar-refractivity contribution in [2.24, 2.45) is 0 Å². The summed E-state index contributed by atoms with van der Waals surface area (Å²) in [5.41, 5.74) is 0.294. The molecule has 29 heavy (non-hydrogen) atoms. The van der Waals surface area contributed by atoms with E-state index in [0.717, 1.165) is 17.0 Å². The predicted molar refractivity (Wildman–Crippen MR) is 97.5 cm³/mol. The van der Waals surface area contributed by atoms with Gasteiger partial charge in [-0.3, -0.25) is 34.2 Å². The summed E-state index contributed by atoms with van der Waals surface area (Å²) in [6, 6.07) is 8.12. The topological polar surface area (TPSA) is 113 Å². The minimum Gasteiger partial charge on any atom is -0.321 e. The number of benzene rings is 2. The molecule has 2 aliphatic rings. The third-order valence-corrected chi connectivity index (χ3v) is 4.82. The Morgan fingerprint density at radius 2 is 1.76 bits per heavy atom. The molecule has 5 amide bonds. The van der Waals surface area contributed by atoms with Crippen molar-refractivity contribution < 1.29 is 28.4 Å². The second kappa shape index (κ2) is 6.93.